The van der Waals surface area contributed by atoms with E-state index in [1.54, 1.807) is 6.20 Å². The van der Waals surface area contributed by atoms with Crippen molar-refractivity contribution in [2.75, 3.05) is 13.1 Å². The van der Waals surface area contributed by atoms with Crippen LogP contribution in [0.5, 0.6) is 0 Å². The van der Waals surface area contributed by atoms with Crippen LogP contribution in [-0.4, -0.2) is 40.0 Å². The number of carbonyl (C=O) groups is 1. The molecule has 1 aliphatic carbocycles. The first-order valence-corrected chi connectivity index (χ1v) is 8.00. The molecule has 1 amide bonds. The first-order valence-electron chi connectivity index (χ1n) is 8.00. The topological polar surface area (TPSA) is 71.8 Å². The molecular formula is C15H26ClN5O. The van der Waals surface area contributed by atoms with Gasteiger partial charge in [-0.05, 0) is 44.2 Å². The highest BCUT2D eigenvalue weighted by Gasteiger charge is 2.35. The highest BCUT2D eigenvalue weighted by atomic mass is 35.5. The van der Waals surface area contributed by atoms with Crippen LogP contribution in [0.2, 0.25) is 0 Å². The molecule has 124 valence electrons. The van der Waals surface area contributed by atoms with Gasteiger partial charge in [-0.3, -0.25) is 4.79 Å². The van der Waals surface area contributed by atoms with Gasteiger partial charge in [-0.25, -0.2) is 4.68 Å². The van der Waals surface area contributed by atoms with E-state index in [2.05, 4.69) is 34.8 Å². The summed E-state index contributed by atoms with van der Waals surface area (Å²) in [5.74, 6) is -0.0878. The van der Waals surface area contributed by atoms with Crippen LogP contribution in [0.3, 0.4) is 0 Å². The number of aromatic nitrogens is 3. The summed E-state index contributed by atoms with van der Waals surface area (Å²) in [5.41, 5.74) is 0.622. The lowest BCUT2D eigenvalue weighted by molar-refractivity contribution is 0.0905. The van der Waals surface area contributed by atoms with Gasteiger partial charge < -0.3 is 10.6 Å². The van der Waals surface area contributed by atoms with E-state index in [0.717, 1.165) is 32.4 Å². The van der Waals surface area contributed by atoms with Crippen molar-refractivity contribution >= 4 is 18.3 Å². The molecule has 1 saturated heterocycles. The molecular weight excluding hydrogens is 302 g/mol. The fourth-order valence-corrected chi connectivity index (χ4v) is 3.46. The van der Waals surface area contributed by atoms with E-state index in [0.29, 0.717) is 11.7 Å². The van der Waals surface area contributed by atoms with Crippen molar-refractivity contribution in [1.29, 1.82) is 0 Å². The lowest BCUT2D eigenvalue weighted by Gasteiger charge is -2.27. The Balaban J connectivity index is 0.00000176. The van der Waals surface area contributed by atoms with E-state index in [9.17, 15) is 4.79 Å². The average molecular weight is 328 g/mol. The maximum absolute atomic E-state index is 12.3. The Bertz CT molecular complexity index is 510. The summed E-state index contributed by atoms with van der Waals surface area (Å²) in [6, 6.07) is 0.609. The zero-order valence-corrected chi connectivity index (χ0v) is 14.2. The van der Waals surface area contributed by atoms with E-state index >= 15 is 0 Å². The predicted octanol–water partition coefficient (Wildman–Crippen LogP) is 1.93. The van der Waals surface area contributed by atoms with Gasteiger partial charge >= 0.3 is 0 Å². The molecule has 1 aromatic heterocycles. The van der Waals surface area contributed by atoms with Gasteiger partial charge in [0.2, 0.25) is 0 Å². The summed E-state index contributed by atoms with van der Waals surface area (Å²) in [6.45, 7) is 6.44. The number of nitrogens with one attached hydrogen (secondary N) is 2. The van der Waals surface area contributed by atoms with Crippen LogP contribution < -0.4 is 10.6 Å². The molecule has 2 aliphatic rings. The third-order valence-electron chi connectivity index (χ3n) is 4.99. The second kappa shape index (κ2) is 6.96. The summed E-state index contributed by atoms with van der Waals surface area (Å²) >= 11 is 0. The molecule has 2 heterocycles. The molecule has 2 N–H and O–H groups in total. The van der Waals surface area contributed by atoms with E-state index < -0.39 is 0 Å². The largest absolute Gasteiger partial charge is 0.347 e. The fourth-order valence-electron chi connectivity index (χ4n) is 3.46. The fraction of sp³-hybridized carbons (Fsp3) is 0.800. The molecule has 0 bridgehead atoms. The number of rotatable bonds is 3. The van der Waals surface area contributed by atoms with Crippen LogP contribution in [0.25, 0.3) is 0 Å². The van der Waals surface area contributed by atoms with Crippen LogP contribution in [0.4, 0.5) is 0 Å². The van der Waals surface area contributed by atoms with Crippen molar-refractivity contribution in [1.82, 2.24) is 25.6 Å². The van der Waals surface area contributed by atoms with Gasteiger partial charge in [0.15, 0.2) is 5.69 Å². The first-order chi connectivity index (χ1) is 10.1. The molecule has 3 rings (SSSR count). The van der Waals surface area contributed by atoms with Gasteiger partial charge in [0.25, 0.3) is 5.91 Å². The highest BCUT2D eigenvalue weighted by Crippen LogP contribution is 2.37. The standard InChI is InChI=1S/C15H25N5O.ClH/c1-15(2)7-3-4-13(15)17-14(21)12-10-20(19-18-12)11-5-8-16-9-6-11;/h10-11,13,16H,3-9H2,1-2H3,(H,17,21);1H. The predicted molar refractivity (Wildman–Crippen MR) is 87.3 cm³/mol. The summed E-state index contributed by atoms with van der Waals surface area (Å²) < 4.78 is 1.86. The van der Waals surface area contributed by atoms with Crippen LogP contribution >= 0.6 is 12.4 Å². The van der Waals surface area contributed by atoms with Gasteiger partial charge in [-0.15, -0.1) is 17.5 Å². The molecule has 1 unspecified atom stereocenters. The first kappa shape index (κ1) is 17.2. The zero-order valence-electron chi connectivity index (χ0n) is 13.3. The number of hydrogen-bond donors (Lipinski definition) is 2. The summed E-state index contributed by atoms with van der Waals surface area (Å²) in [7, 11) is 0. The molecule has 0 aromatic carbocycles. The van der Waals surface area contributed by atoms with Crippen LogP contribution in [0, 0.1) is 5.41 Å². The normalized spacial score (nSPS) is 24.7. The Morgan fingerprint density at radius 1 is 1.36 bits per heavy atom. The summed E-state index contributed by atoms with van der Waals surface area (Å²) in [6.07, 6.45) is 7.29. The highest BCUT2D eigenvalue weighted by molar-refractivity contribution is 5.92. The van der Waals surface area contributed by atoms with Gasteiger partial charge in [-0.1, -0.05) is 25.5 Å². The van der Waals surface area contributed by atoms with Crippen LogP contribution in [0.1, 0.15) is 62.5 Å². The van der Waals surface area contributed by atoms with E-state index in [-0.39, 0.29) is 29.8 Å². The molecule has 0 spiro atoms. The van der Waals surface area contributed by atoms with Gasteiger partial charge in [0.05, 0.1) is 12.2 Å². The number of hydrogen-bond acceptors (Lipinski definition) is 4. The van der Waals surface area contributed by atoms with Crippen molar-refractivity contribution in [3.05, 3.63) is 11.9 Å². The minimum Gasteiger partial charge on any atom is -0.347 e. The SMILES string of the molecule is CC1(C)CCCC1NC(=O)c1cn(C2CCNCC2)nn1.Cl. The van der Waals surface area contributed by atoms with Crippen molar-refractivity contribution < 1.29 is 4.79 Å². The van der Waals surface area contributed by atoms with Crippen LogP contribution in [-0.2, 0) is 0 Å². The van der Waals surface area contributed by atoms with E-state index in [1.165, 1.54) is 12.8 Å². The maximum atomic E-state index is 12.3. The number of carbonyl (C=O) groups excluding carboxylic acids is 1. The minimum absolute atomic E-state index is 0. The smallest absolute Gasteiger partial charge is 0.273 e. The molecule has 0 radical (unpaired) electrons. The summed E-state index contributed by atoms with van der Waals surface area (Å²) in [4.78, 5) is 12.3. The third-order valence-corrected chi connectivity index (χ3v) is 4.99. The molecule has 1 aromatic rings. The lowest BCUT2D eigenvalue weighted by Crippen LogP contribution is -2.41. The molecule has 6 nitrogen and oxygen atoms in total. The molecule has 1 aliphatic heterocycles. The Hall–Kier alpha value is -1.14. The molecule has 7 heteroatoms. The number of halogens is 1. The van der Waals surface area contributed by atoms with Gasteiger partial charge in [0, 0.05) is 6.04 Å². The average Bonchev–Trinajstić information content (AvgIpc) is 3.07. The van der Waals surface area contributed by atoms with Crippen molar-refractivity contribution in [2.45, 2.75) is 58.0 Å². The Kier molecular flexibility index (Phi) is 5.45. The number of piperidine rings is 1. The van der Waals surface area contributed by atoms with Crippen LogP contribution in [0.15, 0.2) is 6.20 Å². The monoisotopic (exact) mass is 327 g/mol. The Morgan fingerprint density at radius 2 is 2.09 bits per heavy atom. The van der Waals surface area contributed by atoms with E-state index in [1.807, 2.05) is 4.68 Å². The quantitative estimate of drug-likeness (QED) is 0.890. The van der Waals surface area contributed by atoms with Crippen molar-refractivity contribution in [2.24, 2.45) is 5.41 Å². The number of amides is 1. The maximum Gasteiger partial charge on any atom is 0.273 e. The Labute approximate surface area is 137 Å². The summed E-state index contributed by atoms with van der Waals surface area (Å²) in [5, 5.41) is 14.7. The minimum atomic E-state index is -0.0878. The van der Waals surface area contributed by atoms with E-state index in [4.69, 9.17) is 0 Å². The second-order valence-corrected chi connectivity index (χ2v) is 6.97. The lowest BCUT2D eigenvalue weighted by atomic mass is 9.87. The zero-order chi connectivity index (χ0) is 14.9. The Morgan fingerprint density at radius 3 is 2.73 bits per heavy atom. The van der Waals surface area contributed by atoms with Crippen molar-refractivity contribution in [3.63, 3.8) is 0 Å². The third kappa shape index (κ3) is 3.60. The molecule has 2 fully saturated rings. The second-order valence-electron chi connectivity index (χ2n) is 6.97. The van der Waals surface area contributed by atoms with Gasteiger partial charge in [-0.2, -0.15) is 0 Å². The molecule has 1 atom stereocenters. The van der Waals surface area contributed by atoms with Gasteiger partial charge in [0.1, 0.15) is 0 Å². The molecule has 22 heavy (non-hydrogen) atoms. The number of nitrogens with zero attached hydrogens (tertiary/aromatic N) is 3. The molecule has 1 saturated carbocycles. The van der Waals surface area contributed by atoms with Crippen molar-refractivity contribution in [3.8, 4) is 0 Å².